The number of benzene rings is 1. The van der Waals surface area contributed by atoms with E-state index in [9.17, 15) is 4.79 Å². The predicted octanol–water partition coefficient (Wildman–Crippen LogP) is 2.19. The Balaban J connectivity index is 1.55. The molecule has 26 heavy (non-hydrogen) atoms. The van der Waals surface area contributed by atoms with Crippen LogP contribution in [0.25, 0.3) is 0 Å². The quantitative estimate of drug-likeness (QED) is 0.833. The van der Waals surface area contributed by atoms with E-state index in [-0.39, 0.29) is 18.1 Å². The number of carbonyl (C=O) groups is 1. The van der Waals surface area contributed by atoms with Crippen LogP contribution in [0.2, 0.25) is 0 Å². The zero-order valence-electron chi connectivity index (χ0n) is 15.3. The standard InChI is InChI=1S/C18H24N4O3S/c1-12-9-22(10-13(2)25-12)11-16(23)19-18-21-20-17(26-18)8-14-6-4-5-7-15(14)24-3/h4-7,12-13H,8-11H2,1-3H3,(H,19,21,23)/t12-,13-/m1/s1. The molecule has 0 aliphatic carbocycles. The first-order valence-electron chi connectivity index (χ1n) is 8.65. The highest BCUT2D eigenvalue weighted by atomic mass is 32.1. The van der Waals surface area contributed by atoms with E-state index in [0.29, 0.717) is 18.1 Å². The van der Waals surface area contributed by atoms with E-state index in [1.165, 1.54) is 11.3 Å². The molecule has 1 aliphatic rings. The number of nitrogens with zero attached hydrogens (tertiary/aromatic N) is 3. The van der Waals surface area contributed by atoms with Gasteiger partial charge in [0.1, 0.15) is 10.8 Å². The third kappa shape index (κ3) is 5.00. The molecule has 0 spiro atoms. The van der Waals surface area contributed by atoms with Crippen molar-refractivity contribution in [2.75, 3.05) is 32.1 Å². The van der Waals surface area contributed by atoms with Gasteiger partial charge in [-0.2, -0.15) is 0 Å². The summed E-state index contributed by atoms with van der Waals surface area (Å²) in [5, 5.41) is 12.5. The molecule has 1 aliphatic heterocycles. The van der Waals surface area contributed by atoms with E-state index in [0.717, 1.165) is 29.4 Å². The molecule has 1 fully saturated rings. The summed E-state index contributed by atoms with van der Waals surface area (Å²) in [5.74, 6) is 0.745. The molecule has 0 unspecified atom stereocenters. The molecule has 1 amide bonds. The van der Waals surface area contributed by atoms with Gasteiger partial charge in [-0.25, -0.2) is 0 Å². The van der Waals surface area contributed by atoms with Gasteiger partial charge in [0.15, 0.2) is 0 Å². The van der Waals surface area contributed by atoms with Crippen molar-refractivity contribution in [1.29, 1.82) is 0 Å². The number of methoxy groups -OCH3 is 1. The molecule has 2 aromatic rings. The first kappa shape index (κ1) is 18.8. The Hall–Kier alpha value is -2.03. The van der Waals surface area contributed by atoms with Crippen LogP contribution >= 0.6 is 11.3 Å². The summed E-state index contributed by atoms with van der Waals surface area (Å²) in [6.07, 6.45) is 0.900. The summed E-state index contributed by atoms with van der Waals surface area (Å²) in [6.45, 7) is 5.89. The van der Waals surface area contributed by atoms with Crippen molar-refractivity contribution in [2.45, 2.75) is 32.5 Å². The van der Waals surface area contributed by atoms with Gasteiger partial charge >= 0.3 is 0 Å². The maximum atomic E-state index is 12.3. The number of anilines is 1. The number of rotatable bonds is 6. The predicted molar refractivity (Wildman–Crippen MR) is 101 cm³/mol. The van der Waals surface area contributed by atoms with Crippen LogP contribution in [-0.2, 0) is 16.0 Å². The highest BCUT2D eigenvalue weighted by molar-refractivity contribution is 7.15. The minimum atomic E-state index is -0.0775. The van der Waals surface area contributed by atoms with Crippen LogP contribution in [0.5, 0.6) is 5.75 Å². The maximum absolute atomic E-state index is 12.3. The Labute approximate surface area is 157 Å². The zero-order valence-corrected chi connectivity index (χ0v) is 16.1. The average Bonchev–Trinajstić information content (AvgIpc) is 3.01. The fourth-order valence-corrected chi connectivity index (χ4v) is 3.94. The molecule has 0 saturated carbocycles. The first-order valence-corrected chi connectivity index (χ1v) is 9.47. The Morgan fingerprint density at radius 1 is 1.31 bits per heavy atom. The maximum Gasteiger partial charge on any atom is 0.240 e. The van der Waals surface area contributed by atoms with Crippen molar-refractivity contribution < 1.29 is 14.3 Å². The highest BCUT2D eigenvalue weighted by Crippen LogP contribution is 2.24. The Morgan fingerprint density at radius 3 is 2.77 bits per heavy atom. The van der Waals surface area contributed by atoms with Gasteiger partial charge in [-0.3, -0.25) is 15.0 Å². The van der Waals surface area contributed by atoms with Gasteiger partial charge in [-0.1, -0.05) is 29.5 Å². The lowest BCUT2D eigenvalue weighted by molar-refractivity contribution is -0.121. The number of aromatic nitrogens is 2. The molecule has 1 aromatic heterocycles. The Kier molecular flexibility index (Phi) is 6.18. The van der Waals surface area contributed by atoms with Gasteiger partial charge in [0, 0.05) is 25.1 Å². The van der Waals surface area contributed by atoms with Crippen LogP contribution in [0.1, 0.15) is 24.4 Å². The fraction of sp³-hybridized carbons (Fsp3) is 0.500. The number of nitrogens with one attached hydrogen (secondary N) is 1. The minimum Gasteiger partial charge on any atom is -0.496 e. The number of amides is 1. The van der Waals surface area contributed by atoms with Gasteiger partial charge in [0.2, 0.25) is 11.0 Å². The van der Waals surface area contributed by atoms with Gasteiger partial charge in [0.25, 0.3) is 0 Å². The lowest BCUT2D eigenvalue weighted by atomic mass is 10.1. The molecule has 2 heterocycles. The number of hydrogen-bond donors (Lipinski definition) is 1. The molecular weight excluding hydrogens is 352 g/mol. The van der Waals surface area contributed by atoms with Crippen LogP contribution < -0.4 is 10.1 Å². The van der Waals surface area contributed by atoms with E-state index in [1.807, 2.05) is 38.1 Å². The van der Waals surface area contributed by atoms with Crippen molar-refractivity contribution in [3.05, 3.63) is 34.8 Å². The molecule has 7 nitrogen and oxygen atoms in total. The fourth-order valence-electron chi connectivity index (χ4n) is 3.16. The third-order valence-corrected chi connectivity index (χ3v) is 4.95. The summed E-state index contributed by atoms with van der Waals surface area (Å²) < 4.78 is 11.1. The van der Waals surface area contributed by atoms with Crippen molar-refractivity contribution in [2.24, 2.45) is 0 Å². The van der Waals surface area contributed by atoms with Crippen LogP contribution in [0.4, 0.5) is 5.13 Å². The van der Waals surface area contributed by atoms with Crippen molar-refractivity contribution >= 4 is 22.4 Å². The molecule has 140 valence electrons. The second kappa shape index (κ2) is 8.57. The molecule has 1 aromatic carbocycles. The van der Waals surface area contributed by atoms with Crippen LogP contribution in [0.3, 0.4) is 0 Å². The molecule has 2 atom stereocenters. The SMILES string of the molecule is COc1ccccc1Cc1nnc(NC(=O)CN2C[C@@H](C)O[C@H](C)C2)s1. The largest absolute Gasteiger partial charge is 0.496 e. The molecule has 0 radical (unpaired) electrons. The third-order valence-electron chi connectivity index (χ3n) is 4.11. The van der Waals surface area contributed by atoms with Gasteiger partial charge in [-0.15, -0.1) is 10.2 Å². The van der Waals surface area contributed by atoms with Crippen LogP contribution in [0.15, 0.2) is 24.3 Å². The number of para-hydroxylation sites is 1. The first-order chi connectivity index (χ1) is 12.5. The Morgan fingerprint density at radius 2 is 2.04 bits per heavy atom. The molecule has 1 saturated heterocycles. The number of carbonyl (C=O) groups excluding carboxylic acids is 1. The van der Waals surface area contributed by atoms with Crippen molar-refractivity contribution in [3.8, 4) is 5.75 Å². The van der Waals surface area contributed by atoms with E-state index in [1.54, 1.807) is 7.11 Å². The number of hydrogen-bond acceptors (Lipinski definition) is 7. The minimum absolute atomic E-state index is 0.0775. The molecule has 0 bridgehead atoms. The van der Waals surface area contributed by atoms with Crippen LogP contribution in [0, 0.1) is 0 Å². The normalized spacial score (nSPS) is 20.7. The van der Waals surface area contributed by atoms with Gasteiger partial charge in [-0.05, 0) is 19.9 Å². The molecule has 8 heteroatoms. The van der Waals surface area contributed by atoms with Gasteiger partial charge < -0.3 is 9.47 Å². The van der Waals surface area contributed by atoms with Crippen LogP contribution in [-0.4, -0.2) is 60.0 Å². The second-order valence-corrected chi connectivity index (χ2v) is 7.55. The van der Waals surface area contributed by atoms with E-state index in [2.05, 4.69) is 20.4 Å². The summed E-state index contributed by atoms with van der Waals surface area (Å²) in [5.41, 5.74) is 1.04. The monoisotopic (exact) mass is 376 g/mol. The summed E-state index contributed by atoms with van der Waals surface area (Å²) in [6, 6.07) is 7.82. The van der Waals surface area contributed by atoms with Crippen molar-refractivity contribution in [3.63, 3.8) is 0 Å². The summed E-state index contributed by atoms with van der Waals surface area (Å²) in [4.78, 5) is 14.4. The molecule has 3 rings (SSSR count). The number of ether oxygens (including phenoxy) is 2. The van der Waals surface area contributed by atoms with Crippen molar-refractivity contribution in [1.82, 2.24) is 15.1 Å². The molecule has 1 N–H and O–H groups in total. The topological polar surface area (TPSA) is 76.6 Å². The second-order valence-electron chi connectivity index (χ2n) is 6.49. The van der Waals surface area contributed by atoms with E-state index in [4.69, 9.17) is 9.47 Å². The smallest absolute Gasteiger partial charge is 0.240 e. The zero-order chi connectivity index (χ0) is 18.5. The summed E-state index contributed by atoms with van der Waals surface area (Å²) in [7, 11) is 1.65. The highest BCUT2D eigenvalue weighted by Gasteiger charge is 2.24. The summed E-state index contributed by atoms with van der Waals surface area (Å²) >= 11 is 1.39. The average molecular weight is 376 g/mol. The Bertz CT molecular complexity index is 742. The van der Waals surface area contributed by atoms with E-state index < -0.39 is 0 Å². The molecular formula is C18H24N4O3S. The van der Waals surface area contributed by atoms with Gasteiger partial charge in [0.05, 0.1) is 25.9 Å². The number of morpholine rings is 1. The lowest BCUT2D eigenvalue weighted by Gasteiger charge is -2.34. The lowest BCUT2D eigenvalue weighted by Crippen LogP contribution is -2.48. The van der Waals surface area contributed by atoms with E-state index >= 15 is 0 Å².